The Morgan fingerprint density at radius 1 is 1.38 bits per heavy atom. The van der Waals surface area contributed by atoms with Gasteiger partial charge < -0.3 is 15.0 Å². The minimum absolute atomic E-state index is 0.0412. The van der Waals surface area contributed by atoms with Crippen molar-refractivity contribution in [2.75, 3.05) is 31.6 Å². The van der Waals surface area contributed by atoms with E-state index in [1.165, 1.54) is 11.3 Å². The smallest absolute Gasteiger partial charge is 0.274 e. The first-order valence-electron chi connectivity index (χ1n) is 9.87. The molecule has 0 radical (unpaired) electrons. The van der Waals surface area contributed by atoms with Crippen LogP contribution in [-0.4, -0.2) is 52.1 Å². The van der Waals surface area contributed by atoms with Crippen molar-refractivity contribution >= 4 is 33.4 Å². The molecule has 0 aliphatic carbocycles. The van der Waals surface area contributed by atoms with Crippen LogP contribution in [0, 0.1) is 12.8 Å². The van der Waals surface area contributed by atoms with Gasteiger partial charge in [0.05, 0.1) is 28.6 Å². The van der Waals surface area contributed by atoms with Crippen molar-refractivity contribution in [1.29, 1.82) is 0 Å². The quantitative estimate of drug-likeness (QED) is 0.639. The van der Waals surface area contributed by atoms with Gasteiger partial charge in [0.2, 0.25) is 5.95 Å². The van der Waals surface area contributed by atoms with E-state index in [0.29, 0.717) is 43.9 Å². The van der Waals surface area contributed by atoms with Crippen LogP contribution in [0.5, 0.6) is 0 Å². The van der Waals surface area contributed by atoms with Crippen molar-refractivity contribution in [3.05, 3.63) is 46.7 Å². The second-order valence-corrected chi connectivity index (χ2v) is 8.23. The van der Waals surface area contributed by atoms with E-state index in [-0.39, 0.29) is 11.9 Å². The number of aromatic nitrogens is 3. The number of ether oxygens (including phenoxy) is 1. The number of nitrogens with zero attached hydrogens (tertiary/aromatic N) is 4. The number of nitrogens with one attached hydrogen (secondary N) is 1. The van der Waals surface area contributed by atoms with Crippen molar-refractivity contribution in [3.8, 4) is 0 Å². The normalized spacial score (nSPS) is 15.3. The SMILES string of the molecule is CCOCC1CN(C(=O)c2nc(NC(C)c3ccccn3)nc3c(C)csc23)C1. The van der Waals surface area contributed by atoms with Gasteiger partial charge in [-0.25, -0.2) is 9.97 Å². The van der Waals surface area contributed by atoms with E-state index in [1.807, 2.05) is 49.3 Å². The molecule has 4 heterocycles. The van der Waals surface area contributed by atoms with Crippen LogP contribution in [0.3, 0.4) is 0 Å². The fourth-order valence-corrected chi connectivity index (χ4v) is 4.39. The lowest BCUT2D eigenvalue weighted by molar-refractivity contribution is 0.0175. The first kappa shape index (κ1) is 19.7. The summed E-state index contributed by atoms with van der Waals surface area (Å²) in [6.45, 7) is 8.82. The van der Waals surface area contributed by atoms with Gasteiger partial charge in [0.25, 0.3) is 5.91 Å². The minimum Gasteiger partial charge on any atom is -0.381 e. The zero-order valence-electron chi connectivity index (χ0n) is 16.9. The average molecular weight is 412 g/mol. The first-order chi connectivity index (χ1) is 14.1. The predicted octanol–water partition coefficient (Wildman–Crippen LogP) is 3.68. The number of carbonyl (C=O) groups excluding carboxylic acids is 1. The minimum atomic E-state index is -0.0740. The topological polar surface area (TPSA) is 80.2 Å². The number of pyridine rings is 1. The molecule has 4 rings (SSSR count). The number of carbonyl (C=O) groups is 1. The number of hydrogen-bond donors (Lipinski definition) is 1. The van der Waals surface area contributed by atoms with Crippen LogP contribution in [0.2, 0.25) is 0 Å². The van der Waals surface area contributed by atoms with Gasteiger partial charge in [0.15, 0.2) is 5.69 Å². The van der Waals surface area contributed by atoms with Crippen molar-refractivity contribution in [2.24, 2.45) is 5.92 Å². The van der Waals surface area contributed by atoms with Gasteiger partial charge >= 0.3 is 0 Å². The van der Waals surface area contributed by atoms with Crippen LogP contribution in [0.1, 0.15) is 41.6 Å². The molecule has 1 saturated heterocycles. The molecule has 0 saturated carbocycles. The third-order valence-electron chi connectivity index (χ3n) is 5.07. The number of aryl methyl sites for hydroxylation is 1. The molecule has 1 unspecified atom stereocenters. The number of hydrogen-bond acceptors (Lipinski definition) is 7. The maximum atomic E-state index is 13.1. The molecule has 0 aromatic carbocycles. The van der Waals surface area contributed by atoms with Crippen molar-refractivity contribution in [1.82, 2.24) is 19.9 Å². The van der Waals surface area contributed by atoms with Crippen LogP contribution < -0.4 is 5.32 Å². The summed E-state index contributed by atoms with van der Waals surface area (Å²) in [6.07, 6.45) is 1.76. The summed E-state index contributed by atoms with van der Waals surface area (Å²) in [4.78, 5) is 28.6. The second kappa shape index (κ2) is 8.42. The highest BCUT2D eigenvalue weighted by Gasteiger charge is 2.33. The van der Waals surface area contributed by atoms with E-state index < -0.39 is 0 Å². The van der Waals surface area contributed by atoms with Crippen molar-refractivity contribution in [2.45, 2.75) is 26.8 Å². The van der Waals surface area contributed by atoms with E-state index >= 15 is 0 Å². The fourth-order valence-electron chi connectivity index (χ4n) is 3.42. The highest BCUT2D eigenvalue weighted by Crippen LogP contribution is 2.30. The van der Waals surface area contributed by atoms with Crippen LogP contribution in [-0.2, 0) is 4.74 Å². The summed E-state index contributed by atoms with van der Waals surface area (Å²) < 4.78 is 6.32. The molecule has 1 atom stereocenters. The Morgan fingerprint density at radius 2 is 2.21 bits per heavy atom. The molecule has 0 bridgehead atoms. The van der Waals surface area contributed by atoms with Gasteiger partial charge in [0, 0.05) is 31.8 Å². The Hall–Kier alpha value is -2.58. The first-order valence-corrected chi connectivity index (χ1v) is 10.7. The number of fused-ring (bicyclic) bond motifs is 1. The number of likely N-dealkylation sites (tertiary alicyclic amines) is 1. The Bertz CT molecular complexity index is 1000. The molecule has 1 aliphatic heterocycles. The van der Waals surface area contributed by atoms with Crippen LogP contribution in [0.15, 0.2) is 29.8 Å². The molecule has 1 fully saturated rings. The monoisotopic (exact) mass is 411 g/mol. The molecule has 3 aromatic rings. The molecule has 8 heteroatoms. The number of thiophene rings is 1. The molecule has 0 spiro atoms. The van der Waals surface area contributed by atoms with E-state index in [1.54, 1.807) is 6.20 Å². The second-order valence-electron chi connectivity index (χ2n) is 7.35. The molecular formula is C21H25N5O2S. The Balaban J connectivity index is 1.58. The molecular weight excluding hydrogens is 386 g/mol. The summed E-state index contributed by atoms with van der Waals surface area (Å²) in [5.41, 5.74) is 3.24. The Labute approximate surface area is 174 Å². The molecule has 1 aliphatic rings. The maximum Gasteiger partial charge on any atom is 0.274 e. The van der Waals surface area contributed by atoms with Crippen LogP contribution in [0.4, 0.5) is 5.95 Å². The molecule has 7 nitrogen and oxygen atoms in total. The molecule has 152 valence electrons. The van der Waals surface area contributed by atoms with Gasteiger partial charge in [-0.2, -0.15) is 0 Å². The van der Waals surface area contributed by atoms with Crippen LogP contribution >= 0.6 is 11.3 Å². The molecule has 29 heavy (non-hydrogen) atoms. The summed E-state index contributed by atoms with van der Waals surface area (Å²) in [7, 11) is 0. The Morgan fingerprint density at radius 3 is 2.93 bits per heavy atom. The highest BCUT2D eigenvalue weighted by molar-refractivity contribution is 7.17. The molecule has 3 aromatic heterocycles. The highest BCUT2D eigenvalue weighted by atomic mass is 32.1. The van der Waals surface area contributed by atoms with E-state index in [0.717, 1.165) is 21.5 Å². The van der Waals surface area contributed by atoms with Crippen molar-refractivity contribution in [3.63, 3.8) is 0 Å². The third kappa shape index (κ3) is 4.09. The summed E-state index contributed by atoms with van der Waals surface area (Å²) in [6, 6.07) is 5.72. The zero-order chi connectivity index (χ0) is 20.4. The predicted molar refractivity (Wildman–Crippen MR) is 114 cm³/mol. The lowest BCUT2D eigenvalue weighted by atomic mass is 10.0. The fraction of sp³-hybridized carbons (Fsp3) is 0.429. The lowest BCUT2D eigenvalue weighted by Gasteiger charge is -2.38. The average Bonchev–Trinajstić information content (AvgIpc) is 3.07. The van der Waals surface area contributed by atoms with Gasteiger partial charge in [-0.15, -0.1) is 11.3 Å². The summed E-state index contributed by atoms with van der Waals surface area (Å²) in [5.74, 6) is 0.815. The zero-order valence-corrected chi connectivity index (χ0v) is 17.7. The third-order valence-corrected chi connectivity index (χ3v) is 6.17. The summed E-state index contributed by atoms with van der Waals surface area (Å²) in [5, 5.41) is 5.33. The number of anilines is 1. The van der Waals surface area contributed by atoms with Crippen molar-refractivity contribution < 1.29 is 9.53 Å². The van der Waals surface area contributed by atoms with Gasteiger partial charge in [-0.05, 0) is 43.8 Å². The molecule has 1 N–H and O–H groups in total. The van der Waals surface area contributed by atoms with Gasteiger partial charge in [-0.3, -0.25) is 9.78 Å². The van der Waals surface area contributed by atoms with Gasteiger partial charge in [0.1, 0.15) is 0 Å². The number of amides is 1. The largest absolute Gasteiger partial charge is 0.381 e. The standard InChI is InChI=1S/C21H25N5O2S/c1-4-28-11-15-9-26(10-15)20(27)18-19-17(13(2)12-29-19)24-21(25-18)23-14(3)16-7-5-6-8-22-16/h5-8,12,14-15H,4,9-11H2,1-3H3,(H,23,24,25). The van der Waals surface area contributed by atoms with E-state index in [9.17, 15) is 4.79 Å². The number of rotatable bonds is 7. The van der Waals surface area contributed by atoms with Gasteiger partial charge in [-0.1, -0.05) is 6.07 Å². The van der Waals surface area contributed by atoms with E-state index in [4.69, 9.17) is 4.74 Å². The maximum absolute atomic E-state index is 13.1. The Kier molecular flexibility index (Phi) is 5.73. The molecule has 1 amide bonds. The van der Waals surface area contributed by atoms with Crippen LogP contribution in [0.25, 0.3) is 10.2 Å². The summed E-state index contributed by atoms with van der Waals surface area (Å²) >= 11 is 1.52. The van der Waals surface area contributed by atoms with E-state index in [2.05, 4.69) is 20.3 Å². The lowest BCUT2D eigenvalue weighted by Crippen LogP contribution is -2.51.